The zero-order valence-corrected chi connectivity index (χ0v) is 18.9. The van der Waals surface area contributed by atoms with Crippen LogP contribution in [0.1, 0.15) is 0 Å². The third kappa shape index (κ3) is 782. The predicted molar refractivity (Wildman–Crippen MR) is 27.7 cm³/mol. The van der Waals surface area contributed by atoms with Crippen LogP contribution in [0.4, 0.5) is 0 Å². The molecule has 0 saturated carbocycles. The molecule has 0 radical (unpaired) electrons. The van der Waals surface area contributed by atoms with Gasteiger partial charge in [0, 0.05) is 0 Å². The standard InChI is InChI=1S/4O3P.3Os/c4*1-4(2)3;;;/q4*-3;3*+4. The van der Waals surface area contributed by atoms with E-state index in [1.807, 2.05) is 0 Å². The Kier molecular flexibility index (Phi) is 85.0. The normalized spacial score (nSPS) is 7.58. The minimum atomic E-state index is -3.37. The smallest absolute Gasteiger partial charge is 0.854 e. The van der Waals surface area contributed by atoms with E-state index in [0.717, 1.165) is 0 Å². The first kappa shape index (κ1) is 43.2. The summed E-state index contributed by atoms with van der Waals surface area (Å²) in [4.78, 5) is 102. The van der Waals surface area contributed by atoms with Crippen LogP contribution in [-0.2, 0) is 59.4 Å². The minimum Gasteiger partial charge on any atom is -0.854 e. The predicted octanol–water partition coefficient (Wildman–Crippen LogP) is -10.8. The van der Waals surface area contributed by atoms with E-state index in [1.165, 1.54) is 0 Å². The quantitative estimate of drug-likeness (QED) is 0.205. The molecule has 0 saturated heterocycles. The Morgan fingerprint density at radius 1 is 0.263 bits per heavy atom. The van der Waals surface area contributed by atoms with Crippen molar-refractivity contribution in [1.82, 2.24) is 0 Å². The van der Waals surface area contributed by atoms with Crippen molar-refractivity contribution >= 4 is 34.4 Å². The van der Waals surface area contributed by atoms with Crippen molar-refractivity contribution in [3.63, 3.8) is 0 Å². The van der Waals surface area contributed by atoms with Crippen LogP contribution < -0.4 is 58.7 Å². The summed E-state index contributed by atoms with van der Waals surface area (Å²) in [6, 6.07) is 0. The largest absolute Gasteiger partial charge is 4.00 e. The molecule has 0 unspecified atom stereocenters. The third-order valence-corrected chi connectivity index (χ3v) is 0. The Morgan fingerprint density at radius 3 is 0.263 bits per heavy atom. The van der Waals surface area contributed by atoms with Crippen molar-refractivity contribution in [1.29, 1.82) is 0 Å². The number of hydrogen-bond acceptors (Lipinski definition) is 12. The number of rotatable bonds is 0. The molecule has 0 aromatic carbocycles. The second-order valence-corrected chi connectivity index (χ2v) is 2.68. The zero-order valence-electron chi connectivity index (χ0n) is 7.75. The molecule has 0 aromatic heterocycles. The van der Waals surface area contributed by atoms with Crippen LogP contribution in [0.15, 0.2) is 0 Å². The monoisotopic (exact) mass is 892 g/mol. The molecule has 19 heavy (non-hydrogen) atoms. The van der Waals surface area contributed by atoms with Gasteiger partial charge in [-0.15, -0.1) is 0 Å². The van der Waals surface area contributed by atoms with Crippen molar-refractivity contribution < 1.29 is 118 Å². The van der Waals surface area contributed by atoms with Gasteiger partial charge in [-0.1, -0.05) is 0 Å². The molecule has 0 aromatic rings. The maximum absolute atomic E-state index is 8.48. The van der Waals surface area contributed by atoms with E-state index in [0.29, 0.717) is 0 Å². The summed E-state index contributed by atoms with van der Waals surface area (Å²) in [6.45, 7) is 0. The third-order valence-electron chi connectivity index (χ3n) is 0. The summed E-state index contributed by atoms with van der Waals surface area (Å²) >= 11 is 0. The van der Waals surface area contributed by atoms with E-state index >= 15 is 0 Å². The van der Waals surface area contributed by atoms with Crippen LogP contribution in [-0.4, -0.2) is 0 Å². The molecular formula is O12Os3P4. The van der Waals surface area contributed by atoms with E-state index in [-0.39, 0.29) is 59.4 Å². The molecule has 0 amide bonds. The van der Waals surface area contributed by atoms with E-state index in [4.69, 9.17) is 58.7 Å². The summed E-state index contributed by atoms with van der Waals surface area (Å²) < 4.78 is 0. The molecule has 0 aliphatic heterocycles. The topological polar surface area (TPSA) is 277 Å². The summed E-state index contributed by atoms with van der Waals surface area (Å²) in [5.74, 6) is 0. The molecule has 116 valence electrons. The van der Waals surface area contributed by atoms with E-state index in [9.17, 15) is 0 Å². The van der Waals surface area contributed by atoms with Crippen LogP contribution in [0.2, 0.25) is 0 Å². The van der Waals surface area contributed by atoms with Gasteiger partial charge in [-0.2, -0.15) is 0 Å². The Balaban J connectivity index is -0.0000000192. The van der Waals surface area contributed by atoms with Gasteiger partial charge < -0.3 is 93.1 Å². The zero-order chi connectivity index (χ0) is 14.3. The SMILES string of the molecule is [O-]P([O-])[O-].[O-]P([O-])[O-].[O-]P([O-])[O-].[O-]P([O-])[O-].[Os+4].[Os+4].[Os+4]. The van der Waals surface area contributed by atoms with E-state index < -0.39 is 34.4 Å². The van der Waals surface area contributed by atoms with Crippen LogP contribution in [0, 0.1) is 0 Å². The van der Waals surface area contributed by atoms with Gasteiger partial charge in [-0.25, -0.2) is 0 Å². The summed E-state index contributed by atoms with van der Waals surface area (Å²) in [5.41, 5.74) is 0. The maximum Gasteiger partial charge on any atom is 4.00 e. The van der Waals surface area contributed by atoms with Gasteiger partial charge in [-0.05, 0) is 0 Å². The Hall–Kier alpha value is 3.15. The molecule has 12 nitrogen and oxygen atoms in total. The average molecular weight is 887 g/mol. The molecule has 0 rings (SSSR count). The summed E-state index contributed by atoms with van der Waals surface area (Å²) in [7, 11) is -13.5. The maximum atomic E-state index is 8.48. The van der Waals surface area contributed by atoms with Gasteiger partial charge in [0.1, 0.15) is 0 Å². The molecule has 0 fully saturated rings. The van der Waals surface area contributed by atoms with Gasteiger partial charge in [0.2, 0.25) is 0 Å². The van der Waals surface area contributed by atoms with Gasteiger partial charge in [0.25, 0.3) is 0 Å². The molecule has 0 aliphatic carbocycles. The molecule has 0 bridgehead atoms. The second kappa shape index (κ2) is 37.4. The van der Waals surface area contributed by atoms with Gasteiger partial charge in [-0.3, -0.25) is 0 Å². The first-order valence-electron chi connectivity index (χ1n) is 2.19. The first-order valence-corrected chi connectivity index (χ1v) is 6.57. The Bertz CT molecular complexity index is 68.0. The van der Waals surface area contributed by atoms with Gasteiger partial charge >= 0.3 is 59.4 Å². The fourth-order valence-corrected chi connectivity index (χ4v) is 0. The molecule has 0 heterocycles. The number of hydrogen-bond donors (Lipinski definition) is 0. The molecule has 0 N–H and O–H groups in total. The second-order valence-electron chi connectivity index (χ2n) is 0.894. The van der Waals surface area contributed by atoms with E-state index in [2.05, 4.69) is 0 Å². The van der Waals surface area contributed by atoms with Gasteiger partial charge in [0.15, 0.2) is 0 Å². The van der Waals surface area contributed by atoms with Gasteiger partial charge in [0.05, 0.1) is 0 Å². The summed E-state index contributed by atoms with van der Waals surface area (Å²) in [5, 5.41) is 0. The van der Waals surface area contributed by atoms with Crippen molar-refractivity contribution in [2.24, 2.45) is 0 Å². The van der Waals surface area contributed by atoms with Crippen molar-refractivity contribution in [2.75, 3.05) is 0 Å². The fourth-order valence-electron chi connectivity index (χ4n) is 0. The molecule has 19 heteroatoms. The molecular weight excluding hydrogens is 887 g/mol. The van der Waals surface area contributed by atoms with E-state index in [1.54, 1.807) is 0 Å². The average Bonchev–Trinajstić information content (AvgIpc) is 1.76. The van der Waals surface area contributed by atoms with Crippen LogP contribution in [0.5, 0.6) is 0 Å². The fraction of sp³-hybridized carbons (Fsp3) is 0. The van der Waals surface area contributed by atoms with Crippen molar-refractivity contribution in [2.45, 2.75) is 0 Å². The molecule has 0 aliphatic rings. The minimum absolute atomic E-state index is 0. The summed E-state index contributed by atoms with van der Waals surface area (Å²) in [6.07, 6.45) is 0. The molecule has 0 atom stereocenters. The van der Waals surface area contributed by atoms with Crippen molar-refractivity contribution in [3.8, 4) is 0 Å². The molecule has 0 spiro atoms. The Labute approximate surface area is 152 Å². The Morgan fingerprint density at radius 2 is 0.263 bits per heavy atom. The van der Waals surface area contributed by atoms with Crippen LogP contribution in [0.25, 0.3) is 0 Å². The van der Waals surface area contributed by atoms with Crippen LogP contribution >= 0.6 is 34.4 Å². The van der Waals surface area contributed by atoms with Crippen LogP contribution in [0.3, 0.4) is 0 Å². The van der Waals surface area contributed by atoms with Crippen molar-refractivity contribution in [3.05, 3.63) is 0 Å². The first-order chi connectivity index (χ1) is 6.93.